The molecule has 0 saturated carbocycles. The maximum absolute atomic E-state index is 12.8. The fourth-order valence-electron chi connectivity index (χ4n) is 3.53. The average molecular weight is 415 g/mol. The van der Waals surface area contributed by atoms with Crippen molar-refractivity contribution >= 4 is 21.6 Å². The Bertz CT molecular complexity index is 959. The van der Waals surface area contributed by atoms with Crippen LogP contribution in [0.4, 0.5) is 5.69 Å². The first-order valence-corrected chi connectivity index (χ1v) is 11.6. The van der Waals surface area contributed by atoms with Crippen LogP contribution in [0.1, 0.15) is 55.1 Å². The molecule has 3 rings (SSSR count). The van der Waals surface area contributed by atoms with Crippen molar-refractivity contribution < 1.29 is 13.2 Å². The topological polar surface area (TPSA) is 57.7 Å². The SMILES string of the molecule is CN(Cc1ccc(C(C)(C)C)cc1)C(=O)c1ccc(N2CCCCS2(=O)=O)cc1. The molecule has 156 valence electrons. The molecule has 0 spiro atoms. The van der Waals surface area contributed by atoms with Gasteiger partial charge in [-0.15, -0.1) is 0 Å². The van der Waals surface area contributed by atoms with Gasteiger partial charge < -0.3 is 4.90 Å². The van der Waals surface area contributed by atoms with Gasteiger partial charge in [-0.3, -0.25) is 9.10 Å². The number of carbonyl (C=O) groups is 1. The Morgan fingerprint density at radius 1 is 1.00 bits per heavy atom. The Labute approximate surface area is 174 Å². The van der Waals surface area contributed by atoms with Crippen LogP contribution < -0.4 is 4.31 Å². The standard InChI is InChI=1S/C23H30N2O3S/c1-23(2,3)20-11-7-18(8-12-20)17-24(4)22(26)19-9-13-21(14-10-19)25-15-5-6-16-29(25,27)28/h7-14H,5-6,15-17H2,1-4H3. The molecule has 0 unspecified atom stereocenters. The minimum absolute atomic E-state index is 0.0852. The van der Waals surface area contributed by atoms with E-state index < -0.39 is 10.0 Å². The van der Waals surface area contributed by atoms with Gasteiger partial charge in [0.1, 0.15) is 0 Å². The van der Waals surface area contributed by atoms with Gasteiger partial charge in [-0.1, -0.05) is 45.0 Å². The molecule has 2 aromatic rings. The molecule has 1 heterocycles. The molecule has 1 aliphatic heterocycles. The Balaban J connectivity index is 1.68. The molecule has 0 aromatic heterocycles. The molecular formula is C23H30N2O3S. The molecule has 0 N–H and O–H groups in total. The lowest BCUT2D eigenvalue weighted by Gasteiger charge is -2.28. The number of rotatable bonds is 4. The third-order valence-corrected chi connectivity index (χ3v) is 7.21. The second-order valence-corrected chi connectivity index (χ2v) is 10.8. The number of nitrogens with zero attached hydrogens (tertiary/aromatic N) is 2. The van der Waals surface area contributed by atoms with Crippen molar-refractivity contribution in [2.75, 3.05) is 23.7 Å². The molecule has 6 heteroatoms. The van der Waals surface area contributed by atoms with Gasteiger partial charge in [0.25, 0.3) is 5.91 Å². The molecule has 0 bridgehead atoms. The third kappa shape index (κ3) is 4.99. The Hall–Kier alpha value is -2.34. The van der Waals surface area contributed by atoms with E-state index in [0.717, 1.165) is 12.0 Å². The molecule has 5 nitrogen and oxygen atoms in total. The summed E-state index contributed by atoms with van der Waals surface area (Å²) in [5, 5.41) is 0. The van der Waals surface area contributed by atoms with E-state index >= 15 is 0 Å². The number of hydrogen-bond acceptors (Lipinski definition) is 3. The Morgan fingerprint density at radius 2 is 1.62 bits per heavy atom. The summed E-state index contributed by atoms with van der Waals surface area (Å²) in [5.74, 6) is 0.0997. The molecule has 29 heavy (non-hydrogen) atoms. The summed E-state index contributed by atoms with van der Waals surface area (Å²) in [4.78, 5) is 14.5. The van der Waals surface area contributed by atoms with Crippen LogP contribution in [-0.2, 0) is 22.0 Å². The molecule has 1 aliphatic rings. The zero-order valence-electron chi connectivity index (χ0n) is 17.7. The van der Waals surface area contributed by atoms with E-state index in [-0.39, 0.29) is 17.1 Å². The van der Waals surface area contributed by atoms with Crippen LogP contribution in [0, 0.1) is 0 Å². The molecule has 1 saturated heterocycles. The Morgan fingerprint density at radius 3 is 2.17 bits per heavy atom. The maximum Gasteiger partial charge on any atom is 0.253 e. The molecule has 0 radical (unpaired) electrons. The van der Waals surface area contributed by atoms with Crippen molar-refractivity contribution in [2.45, 2.75) is 45.6 Å². The number of amides is 1. The molecule has 0 aliphatic carbocycles. The highest BCUT2D eigenvalue weighted by molar-refractivity contribution is 7.92. The maximum atomic E-state index is 12.8. The summed E-state index contributed by atoms with van der Waals surface area (Å²) in [7, 11) is -1.46. The van der Waals surface area contributed by atoms with E-state index in [4.69, 9.17) is 0 Å². The van der Waals surface area contributed by atoms with Crippen LogP contribution in [-0.4, -0.2) is 38.6 Å². The van der Waals surface area contributed by atoms with Crippen molar-refractivity contribution in [3.63, 3.8) is 0 Å². The van der Waals surface area contributed by atoms with E-state index in [0.29, 0.717) is 30.8 Å². The largest absolute Gasteiger partial charge is 0.337 e. The van der Waals surface area contributed by atoms with Gasteiger partial charge in [0.15, 0.2) is 0 Å². The zero-order chi connectivity index (χ0) is 21.2. The van der Waals surface area contributed by atoms with E-state index in [2.05, 4.69) is 45.0 Å². The highest BCUT2D eigenvalue weighted by atomic mass is 32.2. The van der Waals surface area contributed by atoms with Crippen LogP contribution >= 0.6 is 0 Å². The van der Waals surface area contributed by atoms with Crippen LogP contribution in [0.5, 0.6) is 0 Å². The first kappa shape index (κ1) is 21.4. The highest BCUT2D eigenvalue weighted by Gasteiger charge is 2.26. The van der Waals surface area contributed by atoms with E-state index in [1.165, 1.54) is 9.87 Å². The average Bonchev–Trinajstić information content (AvgIpc) is 2.67. The molecular weight excluding hydrogens is 384 g/mol. The first-order valence-electron chi connectivity index (χ1n) is 10.0. The van der Waals surface area contributed by atoms with Crippen molar-refractivity contribution in [1.29, 1.82) is 0 Å². The molecule has 2 aromatic carbocycles. The third-order valence-electron chi connectivity index (χ3n) is 5.34. The van der Waals surface area contributed by atoms with E-state index in [9.17, 15) is 13.2 Å². The van der Waals surface area contributed by atoms with Gasteiger partial charge in [0, 0.05) is 25.7 Å². The van der Waals surface area contributed by atoms with Gasteiger partial charge in [-0.25, -0.2) is 8.42 Å². The van der Waals surface area contributed by atoms with Gasteiger partial charge in [-0.2, -0.15) is 0 Å². The minimum atomic E-state index is -3.24. The van der Waals surface area contributed by atoms with Crippen LogP contribution in [0.25, 0.3) is 0 Å². The second-order valence-electron chi connectivity index (χ2n) is 8.75. The monoisotopic (exact) mass is 414 g/mol. The number of carbonyl (C=O) groups excluding carboxylic acids is 1. The minimum Gasteiger partial charge on any atom is -0.337 e. The van der Waals surface area contributed by atoms with E-state index in [1.807, 2.05) is 0 Å². The predicted octanol–water partition coefficient (Wildman–Crippen LogP) is 4.19. The van der Waals surface area contributed by atoms with Crippen molar-refractivity contribution in [1.82, 2.24) is 4.90 Å². The number of sulfonamides is 1. The number of benzene rings is 2. The first-order chi connectivity index (χ1) is 13.6. The molecule has 0 atom stereocenters. The summed E-state index contributed by atoms with van der Waals surface area (Å²) in [6.07, 6.45) is 1.56. The fraction of sp³-hybridized carbons (Fsp3) is 0.435. The van der Waals surface area contributed by atoms with Gasteiger partial charge in [0.2, 0.25) is 10.0 Å². The van der Waals surface area contributed by atoms with Crippen molar-refractivity contribution in [3.8, 4) is 0 Å². The zero-order valence-corrected chi connectivity index (χ0v) is 18.5. The smallest absolute Gasteiger partial charge is 0.253 e. The lowest BCUT2D eigenvalue weighted by molar-refractivity contribution is 0.0785. The summed E-state index contributed by atoms with van der Waals surface area (Å²) in [6, 6.07) is 15.2. The predicted molar refractivity (Wildman–Crippen MR) is 118 cm³/mol. The van der Waals surface area contributed by atoms with Gasteiger partial charge >= 0.3 is 0 Å². The number of anilines is 1. The van der Waals surface area contributed by atoms with Crippen LogP contribution in [0.2, 0.25) is 0 Å². The second kappa shape index (κ2) is 8.19. The molecule has 1 fully saturated rings. The van der Waals surface area contributed by atoms with Crippen molar-refractivity contribution in [3.05, 3.63) is 65.2 Å². The lowest BCUT2D eigenvalue weighted by Crippen LogP contribution is -2.37. The Kier molecular flexibility index (Phi) is 6.03. The summed E-state index contributed by atoms with van der Waals surface area (Å²) in [6.45, 7) is 7.55. The van der Waals surface area contributed by atoms with Gasteiger partial charge in [0.05, 0.1) is 11.4 Å². The fourth-order valence-corrected chi connectivity index (χ4v) is 5.16. The van der Waals surface area contributed by atoms with Crippen molar-refractivity contribution in [2.24, 2.45) is 0 Å². The van der Waals surface area contributed by atoms with E-state index in [1.54, 1.807) is 36.2 Å². The molecule has 1 amide bonds. The summed E-state index contributed by atoms with van der Waals surface area (Å²) in [5.41, 5.74) is 3.62. The quantitative estimate of drug-likeness (QED) is 0.754. The van der Waals surface area contributed by atoms with Crippen LogP contribution in [0.15, 0.2) is 48.5 Å². The highest BCUT2D eigenvalue weighted by Crippen LogP contribution is 2.25. The lowest BCUT2D eigenvalue weighted by atomic mass is 9.87. The summed E-state index contributed by atoms with van der Waals surface area (Å²) < 4.78 is 25.9. The number of hydrogen-bond donors (Lipinski definition) is 0. The van der Waals surface area contributed by atoms with Crippen LogP contribution in [0.3, 0.4) is 0 Å². The summed E-state index contributed by atoms with van der Waals surface area (Å²) >= 11 is 0. The van der Waals surface area contributed by atoms with Gasteiger partial charge in [-0.05, 0) is 53.6 Å². The normalized spacial score (nSPS) is 16.5.